The Hall–Kier alpha value is -3.34. The fourth-order valence-corrected chi connectivity index (χ4v) is 5.04. The van der Waals surface area contributed by atoms with Crippen LogP contribution in [0.25, 0.3) is 10.9 Å². The number of aromatic carboxylic acids is 1. The van der Waals surface area contributed by atoms with Crippen LogP contribution in [0.3, 0.4) is 0 Å². The van der Waals surface area contributed by atoms with E-state index in [4.69, 9.17) is 4.74 Å². The van der Waals surface area contributed by atoms with Gasteiger partial charge in [0.15, 0.2) is 23.4 Å². The lowest BCUT2D eigenvalue weighted by molar-refractivity contribution is 0.0694. The number of benzene rings is 1. The van der Waals surface area contributed by atoms with E-state index >= 15 is 4.39 Å². The highest BCUT2D eigenvalue weighted by molar-refractivity contribution is 7.13. The Morgan fingerprint density at radius 3 is 2.91 bits per heavy atom. The summed E-state index contributed by atoms with van der Waals surface area (Å²) in [5, 5.41) is 17.2. The summed E-state index contributed by atoms with van der Waals surface area (Å²) < 4.78 is 22.9. The first-order valence-corrected chi connectivity index (χ1v) is 11.0. The van der Waals surface area contributed by atoms with E-state index in [9.17, 15) is 14.7 Å². The highest BCUT2D eigenvalue weighted by Gasteiger charge is 2.42. The third-order valence-electron chi connectivity index (χ3n) is 6.14. The number of rotatable bonds is 4. The van der Waals surface area contributed by atoms with Gasteiger partial charge < -0.3 is 20.1 Å². The van der Waals surface area contributed by atoms with E-state index in [1.807, 2.05) is 10.3 Å². The second-order valence-corrected chi connectivity index (χ2v) is 9.68. The molecule has 11 heteroatoms. The number of hydrogen-bond donors (Lipinski definition) is 2. The topological polar surface area (TPSA) is 99.9 Å². The zero-order valence-electron chi connectivity index (χ0n) is 17.8. The highest BCUT2D eigenvalue weighted by Crippen LogP contribution is 2.44. The maximum Gasteiger partial charge on any atom is 0.341 e. The Morgan fingerprint density at radius 1 is 1.44 bits per heavy atom. The van der Waals surface area contributed by atoms with Crippen LogP contribution in [0, 0.1) is 11.2 Å². The van der Waals surface area contributed by atoms with Crippen LogP contribution in [0.4, 0.5) is 15.2 Å². The fraction of sp³-hybridized carbons (Fsp3) is 0.381. The van der Waals surface area contributed by atoms with Gasteiger partial charge in [0.2, 0.25) is 5.43 Å². The van der Waals surface area contributed by atoms with Crippen molar-refractivity contribution in [1.29, 1.82) is 0 Å². The summed E-state index contributed by atoms with van der Waals surface area (Å²) in [6.07, 6.45) is 3.00. The number of halogens is 1. The van der Waals surface area contributed by atoms with Crippen molar-refractivity contribution in [3.63, 3.8) is 0 Å². The minimum atomic E-state index is -1.36. The van der Waals surface area contributed by atoms with Crippen molar-refractivity contribution in [2.75, 3.05) is 42.1 Å². The Kier molecular flexibility index (Phi) is 4.55. The van der Waals surface area contributed by atoms with Crippen molar-refractivity contribution in [2.24, 2.45) is 5.41 Å². The Labute approximate surface area is 186 Å². The third-order valence-corrected chi connectivity index (χ3v) is 6.84. The zero-order valence-corrected chi connectivity index (χ0v) is 18.6. The summed E-state index contributed by atoms with van der Waals surface area (Å²) in [5.41, 5.74) is -0.714. The molecule has 168 valence electrons. The Bertz CT molecular complexity index is 1290. The molecule has 0 amide bonds. The number of nitrogens with one attached hydrogen (secondary N) is 1. The second-order valence-electron chi connectivity index (χ2n) is 8.79. The van der Waals surface area contributed by atoms with Gasteiger partial charge in [0.1, 0.15) is 16.8 Å². The van der Waals surface area contributed by atoms with Gasteiger partial charge in [-0.25, -0.2) is 14.2 Å². The van der Waals surface area contributed by atoms with Gasteiger partial charge >= 0.3 is 5.97 Å². The van der Waals surface area contributed by atoms with Crippen LogP contribution in [0.1, 0.15) is 24.2 Å². The predicted molar refractivity (Wildman–Crippen MR) is 120 cm³/mol. The van der Waals surface area contributed by atoms with Crippen molar-refractivity contribution in [3.8, 4) is 5.75 Å². The van der Waals surface area contributed by atoms with Gasteiger partial charge in [0.05, 0.1) is 11.4 Å². The predicted octanol–water partition coefficient (Wildman–Crippen LogP) is 2.54. The molecule has 1 fully saturated rings. The monoisotopic (exact) mass is 459 g/mol. The molecule has 0 radical (unpaired) electrons. The molecule has 2 aliphatic heterocycles. The normalized spacial score (nSPS) is 19.3. The van der Waals surface area contributed by atoms with Crippen LogP contribution < -0.4 is 25.4 Å². The lowest BCUT2D eigenvalue weighted by atomic mass is 9.88. The van der Waals surface area contributed by atoms with E-state index in [0.717, 1.165) is 11.2 Å². The van der Waals surface area contributed by atoms with Gasteiger partial charge in [-0.15, -0.1) is 11.3 Å². The van der Waals surface area contributed by atoms with E-state index in [2.05, 4.69) is 24.1 Å². The fourth-order valence-electron chi connectivity index (χ4n) is 4.46. The van der Waals surface area contributed by atoms with Crippen LogP contribution in [-0.4, -0.2) is 53.6 Å². The van der Waals surface area contributed by atoms with Gasteiger partial charge in [0.25, 0.3) is 0 Å². The summed E-state index contributed by atoms with van der Waals surface area (Å²) in [4.78, 5) is 30.6. The zero-order chi connectivity index (χ0) is 22.8. The molecule has 2 N–H and O–H groups in total. The van der Waals surface area contributed by atoms with E-state index < -0.39 is 22.8 Å². The van der Waals surface area contributed by atoms with Gasteiger partial charge in [-0.1, -0.05) is 13.8 Å². The molecule has 2 aromatic heterocycles. The molecule has 0 aliphatic carbocycles. The Morgan fingerprint density at radius 2 is 2.22 bits per heavy atom. The van der Waals surface area contributed by atoms with Crippen LogP contribution in [-0.2, 0) is 0 Å². The number of pyridine rings is 1. The second kappa shape index (κ2) is 7.09. The molecular weight excluding hydrogens is 437 g/mol. The van der Waals surface area contributed by atoms with Crippen LogP contribution in [0.15, 0.2) is 28.6 Å². The minimum Gasteiger partial charge on any atom is -0.477 e. The van der Waals surface area contributed by atoms with Crippen LogP contribution in [0.5, 0.6) is 5.75 Å². The number of aromatic nitrogens is 2. The number of thiazole rings is 1. The van der Waals surface area contributed by atoms with Crippen molar-refractivity contribution in [3.05, 3.63) is 45.4 Å². The molecule has 0 saturated carbocycles. The molecule has 1 aromatic carbocycles. The van der Waals surface area contributed by atoms with Crippen molar-refractivity contribution in [1.82, 2.24) is 9.66 Å². The van der Waals surface area contributed by atoms with Gasteiger partial charge in [-0.05, 0) is 6.07 Å². The number of carbonyl (C=O) groups is 1. The third kappa shape index (κ3) is 3.07. The SMILES string of the molecule is CN1COc2c(N3C[C@H](Nc4nccs4)C(C)(C)C3)c(F)cc3c(=O)c(C(=O)O)cn1c23. The molecule has 2 aliphatic rings. The molecule has 5 rings (SSSR count). The van der Waals surface area contributed by atoms with Crippen molar-refractivity contribution >= 4 is 39.0 Å². The average Bonchev–Trinajstić information content (AvgIpc) is 3.33. The van der Waals surface area contributed by atoms with Crippen LogP contribution >= 0.6 is 11.3 Å². The molecule has 0 spiro atoms. The summed E-state index contributed by atoms with van der Waals surface area (Å²) in [7, 11) is 1.70. The first kappa shape index (κ1) is 20.6. The molecule has 4 heterocycles. The van der Waals surface area contributed by atoms with E-state index in [-0.39, 0.29) is 35.0 Å². The molecule has 3 aromatic rings. The molecule has 9 nitrogen and oxygen atoms in total. The summed E-state index contributed by atoms with van der Waals surface area (Å²) in [6, 6.07) is 1.13. The van der Waals surface area contributed by atoms with Gasteiger partial charge in [0, 0.05) is 43.3 Å². The van der Waals surface area contributed by atoms with E-state index in [1.165, 1.54) is 17.5 Å². The smallest absolute Gasteiger partial charge is 0.341 e. The number of nitrogens with zero attached hydrogens (tertiary/aromatic N) is 4. The maximum absolute atomic E-state index is 15.5. The van der Waals surface area contributed by atoms with Crippen molar-refractivity contribution < 1.29 is 19.0 Å². The van der Waals surface area contributed by atoms with E-state index in [1.54, 1.807) is 22.9 Å². The van der Waals surface area contributed by atoms with Crippen LogP contribution in [0.2, 0.25) is 0 Å². The molecule has 0 bridgehead atoms. The quantitative estimate of drug-likeness (QED) is 0.614. The first-order chi connectivity index (χ1) is 15.2. The van der Waals surface area contributed by atoms with E-state index in [0.29, 0.717) is 18.6 Å². The lowest BCUT2D eigenvalue weighted by Crippen LogP contribution is -2.40. The summed E-state index contributed by atoms with van der Waals surface area (Å²) in [6.45, 7) is 5.36. The number of hydrogen-bond acceptors (Lipinski definition) is 8. The summed E-state index contributed by atoms with van der Waals surface area (Å²) >= 11 is 1.51. The first-order valence-electron chi connectivity index (χ1n) is 10.1. The maximum atomic E-state index is 15.5. The minimum absolute atomic E-state index is 0.0128. The van der Waals surface area contributed by atoms with Crippen molar-refractivity contribution in [2.45, 2.75) is 19.9 Å². The average molecular weight is 460 g/mol. The molecule has 32 heavy (non-hydrogen) atoms. The molecular formula is C21H22FN5O4S. The molecule has 1 atom stereocenters. The standard InChI is InChI=1S/C21H22FN5O4S/c1-21(2)9-26(8-14(21)24-20-23-4-5-32-20)16-13(22)6-11-15-18(16)31-10-25(3)27(15)7-12(17(11)28)19(29)30/h4-7,14H,8-10H2,1-3H3,(H,23,24)(H,29,30)/t14-/m0/s1. The summed E-state index contributed by atoms with van der Waals surface area (Å²) in [5.74, 6) is -1.73. The largest absolute Gasteiger partial charge is 0.477 e. The lowest BCUT2D eigenvalue weighted by Gasteiger charge is -2.33. The van der Waals surface area contributed by atoms with Gasteiger partial charge in [-0.3, -0.25) is 14.5 Å². The molecule has 0 unspecified atom stereocenters. The number of carboxylic acid groups (broad SMARTS) is 1. The number of anilines is 2. The molecule has 1 saturated heterocycles. The van der Waals surface area contributed by atoms with Gasteiger partial charge in [-0.2, -0.15) is 0 Å². The number of ether oxygens (including phenoxy) is 1. The highest BCUT2D eigenvalue weighted by atomic mass is 32.1. The number of carboxylic acids is 1. The Balaban J connectivity index is 1.65.